The number of carbonyl (C=O) groups excluding carboxylic acids is 1. The molecule has 0 N–H and O–H groups in total. The standard InChI is InChI=1S/C10H13NO2/c1-7(2)8-4-5-11-6-9(8)10(12)13-3/h4-7H,1-3H3. The zero-order chi connectivity index (χ0) is 9.84. The van der Waals surface area contributed by atoms with Gasteiger partial charge in [0.15, 0.2) is 0 Å². The van der Waals surface area contributed by atoms with Gasteiger partial charge in [0, 0.05) is 12.4 Å². The molecule has 0 spiro atoms. The fourth-order valence-corrected chi connectivity index (χ4v) is 1.19. The summed E-state index contributed by atoms with van der Waals surface area (Å²) in [6, 6.07) is 1.84. The maximum Gasteiger partial charge on any atom is 0.339 e. The molecule has 1 aromatic heterocycles. The van der Waals surface area contributed by atoms with Crippen LogP contribution in [-0.2, 0) is 4.74 Å². The highest BCUT2D eigenvalue weighted by Gasteiger charge is 2.13. The van der Waals surface area contributed by atoms with Crippen molar-refractivity contribution in [2.75, 3.05) is 7.11 Å². The molecule has 0 atom stereocenters. The van der Waals surface area contributed by atoms with Gasteiger partial charge in [0.1, 0.15) is 0 Å². The summed E-state index contributed by atoms with van der Waals surface area (Å²) in [4.78, 5) is 15.2. The third kappa shape index (κ3) is 2.05. The SMILES string of the molecule is COC(=O)c1cnccc1C(C)C. The number of carbonyl (C=O) groups is 1. The summed E-state index contributed by atoms with van der Waals surface area (Å²) in [5.74, 6) is -0.0195. The lowest BCUT2D eigenvalue weighted by Gasteiger charge is -2.09. The molecule has 1 aromatic rings. The summed E-state index contributed by atoms with van der Waals surface area (Å²) in [7, 11) is 1.37. The van der Waals surface area contributed by atoms with Crippen LogP contribution in [0.5, 0.6) is 0 Å². The lowest BCUT2D eigenvalue weighted by Crippen LogP contribution is -2.07. The van der Waals surface area contributed by atoms with Gasteiger partial charge in [-0.2, -0.15) is 0 Å². The highest BCUT2D eigenvalue weighted by Crippen LogP contribution is 2.18. The van der Waals surface area contributed by atoms with E-state index in [2.05, 4.69) is 9.72 Å². The topological polar surface area (TPSA) is 39.2 Å². The molecule has 0 amide bonds. The van der Waals surface area contributed by atoms with Gasteiger partial charge in [0.05, 0.1) is 12.7 Å². The van der Waals surface area contributed by atoms with Gasteiger partial charge in [-0.25, -0.2) is 4.79 Å². The molecule has 0 saturated heterocycles. The molecule has 0 aliphatic rings. The molecule has 3 nitrogen and oxygen atoms in total. The average Bonchev–Trinajstić information content (AvgIpc) is 2.16. The molecule has 0 aliphatic heterocycles. The van der Waals surface area contributed by atoms with E-state index in [1.165, 1.54) is 7.11 Å². The van der Waals surface area contributed by atoms with Gasteiger partial charge >= 0.3 is 5.97 Å². The Morgan fingerprint density at radius 2 is 2.23 bits per heavy atom. The minimum atomic E-state index is -0.322. The van der Waals surface area contributed by atoms with Gasteiger partial charge in [-0.05, 0) is 17.5 Å². The van der Waals surface area contributed by atoms with E-state index in [0.29, 0.717) is 11.5 Å². The van der Waals surface area contributed by atoms with Crippen molar-refractivity contribution in [3.05, 3.63) is 29.6 Å². The molecular weight excluding hydrogens is 166 g/mol. The normalized spacial score (nSPS) is 10.2. The Morgan fingerprint density at radius 1 is 1.54 bits per heavy atom. The van der Waals surface area contributed by atoms with Crippen molar-refractivity contribution in [1.29, 1.82) is 0 Å². The van der Waals surface area contributed by atoms with Gasteiger partial charge in [0.2, 0.25) is 0 Å². The monoisotopic (exact) mass is 179 g/mol. The smallest absolute Gasteiger partial charge is 0.339 e. The second-order valence-electron chi connectivity index (χ2n) is 3.11. The van der Waals surface area contributed by atoms with Crippen LogP contribution < -0.4 is 0 Å². The zero-order valence-corrected chi connectivity index (χ0v) is 8.07. The Kier molecular flexibility index (Phi) is 3.01. The number of hydrogen-bond donors (Lipinski definition) is 0. The first-order valence-corrected chi connectivity index (χ1v) is 4.19. The Morgan fingerprint density at radius 3 is 2.77 bits per heavy atom. The second kappa shape index (κ2) is 4.03. The van der Waals surface area contributed by atoms with E-state index in [9.17, 15) is 4.79 Å². The van der Waals surface area contributed by atoms with Crippen LogP contribution in [0, 0.1) is 0 Å². The fourth-order valence-electron chi connectivity index (χ4n) is 1.19. The summed E-state index contributed by atoms with van der Waals surface area (Å²) >= 11 is 0. The third-order valence-electron chi connectivity index (χ3n) is 1.88. The summed E-state index contributed by atoms with van der Waals surface area (Å²) in [6.45, 7) is 4.06. The molecule has 70 valence electrons. The lowest BCUT2D eigenvalue weighted by atomic mass is 9.99. The number of aromatic nitrogens is 1. The van der Waals surface area contributed by atoms with E-state index in [4.69, 9.17) is 0 Å². The molecule has 0 radical (unpaired) electrons. The molecule has 0 aliphatic carbocycles. The van der Waals surface area contributed by atoms with Gasteiger partial charge in [-0.3, -0.25) is 4.98 Å². The summed E-state index contributed by atoms with van der Waals surface area (Å²) in [6.07, 6.45) is 3.23. The predicted octanol–water partition coefficient (Wildman–Crippen LogP) is 1.99. The van der Waals surface area contributed by atoms with Gasteiger partial charge in [-0.15, -0.1) is 0 Å². The maximum atomic E-state index is 11.3. The Labute approximate surface area is 77.8 Å². The molecule has 0 bridgehead atoms. The van der Waals surface area contributed by atoms with Crippen molar-refractivity contribution in [3.63, 3.8) is 0 Å². The molecule has 0 aromatic carbocycles. The maximum absolute atomic E-state index is 11.3. The van der Waals surface area contributed by atoms with E-state index in [1.807, 2.05) is 19.9 Å². The van der Waals surface area contributed by atoms with Crippen molar-refractivity contribution in [3.8, 4) is 0 Å². The van der Waals surface area contributed by atoms with Crippen molar-refractivity contribution < 1.29 is 9.53 Å². The first-order chi connectivity index (χ1) is 6.16. The van der Waals surface area contributed by atoms with Crippen LogP contribution in [0.1, 0.15) is 35.7 Å². The van der Waals surface area contributed by atoms with Crippen molar-refractivity contribution in [1.82, 2.24) is 4.98 Å². The Bertz CT molecular complexity index is 308. The highest BCUT2D eigenvalue weighted by molar-refractivity contribution is 5.90. The van der Waals surface area contributed by atoms with Crippen molar-refractivity contribution >= 4 is 5.97 Å². The van der Waals surface area contributed by atoms with E-state index in [-0.39, 0.29) is 5.97 Å². The number of pyridine rings is 1. The minimum absolute atomic E-state index is 0.303. The van der Waals surface area contributed by atoms with Crippen LogP contribution in [0.25, 0.3) is 0 Å². The molecule has 3 heteroatoms. The fraction of sp³-hybridized carbons (Fsp3) is 0.400. The van der Waals surface area contributed by atoms with Crippen molar-refractivity contribution in [2.24, 2.45) is 0 Å². The highest BCUT2D eigenvalue weighted by atomic mass is 16.5. The van der Waals surface area contributed by atoms with Gasteiger partial charge < -0.3 is 4.74 Å². The molecule has 0 unspecified atom stereocenters. The summed E-state index contributed by atoms with van der Waals surface area (Å²) in [5.41, 5.74) is 1.53. The van der Waals surface area contributed by atoms with Crippen molar-refractivity contribution in [2.45, 2.75) is 19.8 Å². The predicted molar refractivity (Wildman–Crippen MR) is 49.7 cm³/mol. The largest absolute Gasteiger partial charge is 0.465 e. The van der Waals surface area contributed by atoms with Crippen LogP contribution >= 0.6 is 0 Å². The van der Waals surface area contributed by atoms with E-state index in [1.54, 1.807) is 12.4 Å². The Balaban J connectivity index is 3.12. The van der Waals surface area contributed by atoms with Crippen LogP contribution in [-0.4, -0.2) is 18.1 Å². The van der Waals surface area contributed by atoms with Gasteiger partial charge in [-0.1, -0.05) is 13.8 Å². The third-order valence-corrected chi connectivity index (χ3v) is 1.88. The molecule has 0 saturated carbocycles. The summed E-state index contributed by atoms with van der Waals surface area (Å²) < 4.78 is 4.65. The van der Waals surface area contributed by atoms with E-state index < -0.39 is 0 Å². The number of ether oxygens (including phenoxy) is 1. The molecule has 13 heavy (non-hydrogen) atoms. The molecular formula is C10H13NO2. The van der Waals surface area contributed by atoms with Crippen LogP contribution in [0.3, 0.4) is 0 Å². The Hall–Kier alpha value is -1.38. The van der Waals surface area contributed by atoms with Crippen LogP contribution in [0.4, 0.5) is 0 Å². The first kappa shape index (κ1) is 9.71. The summed E-state index contributed by atoms with van der Waals surface area (Å²) in [5, 5.41) is 0. The molecule has 1 rings (SSSR count). The zero-order valence-electron chi connectivity index (χ0n) is 8.07. The number of nitrogens with zero attached hydrogens (tertiary/aromatic N) is 1. The van der Waals surface area contributed by atoms with E-state index in [0.717, 1.165) is 5.56 Å². The van der Waals surface area contributed by atoms with Crippen LogP contribution in [0.2, 0.25) is 0 Å². The lowest BCUT2D eigenvalue weighted by molar-refractivity contribution is 0.0598. The minimum Gasteiger partial charge on any atom is -0.465 e. The van der Waals surface area contributed by atoms with E-state index >= 15 is 0 Å². The molecule has 0 fully saturated rings. The average molecular weight is 179 g/mol. The quantitative estimate of drug-likeness (QED) is 0.652. The second-order valence-corrected chi connectivity index (χ2v) is 3.11. The first-order valence-electron chi connectivity index (χ1n) is 4.19. The molecule has 1 heterocycles. The number of esters is 1. The number of hydrogen-bond acceptors (Lipinski definition) is 3. The number of methoxy groups -OCH3 is 1. The number of rotatable bonds is 2. The van der Waals surface area contributed by atoms with Crippen LogP contribution in [0.15, 0.2) is 18.5 Å². The van der Waals surface area contributed by atoms with Gasteiger partial charge in [0.25, 0.3) is 0 Å².